The molecular weight excluding hydrogens is 298 g/mol. The molecule has 120 valence electrons. The van der Waals surface area contributed by atoms with Gasteiger partial charge in [0.25, 0.3) is 0 Å². The lowest BCUT2D eigenvalue weighted by atomic mass is 10.2. The summed E-state index contributed by atoms with van der Waals surface area (Å²) in [6.07, 6.45) is 2.60. The predicted molar refractivity (Wildman–Crippen MR) is 88.0 cm³/mol. The summed E-state index contributed by atoms with van der Waals surface area (Å²) in [7, 11) is -3.23. The van der Waals surface area contributed by atoms with Gasteiger partial charge in [0.15, 0.2) is 0 Å². The summed E-state index contributed by atoms with van der Waals surface area (Å²) < 4.78 is 27.0. The quantitative estimate of drug-likeness (QED) is 0.920. The highest BCUT2D eigenvalue weighted by Crippen LogP contribution is 2.34. The van der Waals surface area contributed by atoms with E-state index in [2.05, 4.69) is 9.97 Å². The van der Waals surface area contributed by atoms with Gasteiger partial charge in [0.05, 0.1) is 22.8 Å². The number of rotatable bonds is 5. The molecule has 0 saturated carbocycles. The van der Waals surface area contributed by atoms with E-state index in [0.29, 0.717) is 6.54 Å². The van der Waals surface area contributed by atoms with Crippen LogP contribution in [0.3, 0.4) is 0 Å². The Kier molecular flexibility index (Phi) is 4.23. The highest BCUT2D eigenvalue weighted by atomic mass is 32.2. The van der Waals surface area contributed by atoms with Crippen molar-refractivity contribution >= 4 is 21.1 Å². The number of aromatic nitrogens is 2. The molecule has 1 N–H and O–H groups in total. The molecule has 1 aromatic carbocycles. The largest absolute Gasteiger partial charge is 0.341 e. The Bertz CT molecular complexity index is 721. The summed E-state index contributed by atoms with van der Waals surface area (Å²) in [4.78, 5) is 7.89. The molecular formula is C16H23N3O2S. The van der Waals surface area contributed by atoms with Crippen molar-refractivity contribution in [3.8, 4) is 0 Å². The van der Waals surface area contributed by atoms with E-state index in [1.54, 1.807) is 4.31 Å². The molecule has 2 heterocycles. The first-order chi connectivity index (χ1) is 10.5. The minimum Gasteiger partial charge on any atom is -0.341 e. The first kappa shape index (κ1) is 15.5. The number of benzene rings is 1. The molecule has 1 aliphatic heterocycles. The number of hydrogen-bond acceptors (Lipinski definition) is 3. The molecule has 0 amide bonds. The smallest absolute Gasteiger partial charge is 0.215 e. The molecule has 0 radical (unpaired) electrons. The van der Waals surface area contributed by atoms with Gasteiger partial charge in [-0.1, -0.05) is 32.4 Å². The van der Waals surface area contributed by atoms with Gasteiger partial charge >= 0.3 is 0 Å². The topological polar surface area (TPSA) is 66.1 Å². The summed E-state index contributed by atoms with van der Waals surface area (Å²) in [6, 6.07) is 7.66. The molecule has 0 bridgehead atoms. The summed E-state index contributed by atoms with van der Waals surface area (Å²) in [6.45, 7) is 4.62. The molecule has 1 aromatic heterocycles. The average molecular weight is 321 g/mol. The molecule has 6 heteroatoms. The molecule has 3 rings (SSSR count). The second kappa shape index (κ2) is 6.01. The van der Waals surface area contributed by atoms with Crippen molar-refractivity contribution in [1.82, 2.24) is 14.3 Å². The summed E-state index contributed by atoms with van der Waals surface area (Å²) in [5, 5.41) is 0. The van der Waals surface area contributed by atoms with Crippen LogP contribution in [0.5, 0.6) is 0 Å². The molecule has 1 fully saturated rings. The number of H-pyrrole nitrogens is 1. The van der Waals surface area contributed by atoms with Crippen molar-refractivity contribution in [2.75, 3.05) is 12.3 Å². The van der Waals surface area contributed by atoms with Crippen molar-refractivity contribution < 1.29 is 8.42 Å². The lowest BCUT2D eigenvalue weighted by Gasteiger charge is -2.24. The van der Waals surface area contributed by atoms with E-state index in [-0.39, 0.29) is 17.7 Å². The molecule has 2 atom stereocenters. The number of fused-ring (bicyclic) bond motifs is 1. The molecule has 0 aliphatic carbocycles. The van der Waals surface area contributed by atoms with Gasteiger partial charge in [0, 0.05) is 6.54 Å². The highest BCUT2D eigenvalue weighted by Gasteiger charge is 2.37. The number of para-hydroxylation sites is 2. The third-order valence-corrected chi connectivity index (χ3v) is 6.62. The Labute approximate surface area is 131 Å². The second-order valence-corrected chi connectivity index (χ2v) is 8.17. The second-order valence-electron chi connectivity index (χ2n) is 6.20. The number of sulfonamides is 1. The Balaban J connectivity index is 1.89. The number of aromatic amines is 1. The third kappa shape index (κ3) is 2.90. The van der Waals surface area contributed by atoms with E-state index in [0.717, 1.165) is 36.1 Å². The van der Waals surface area contributed by atoms with Crippen molar-refractivity contribution in [3.63, 3.8) is 0 Å². The molecule has 1 aliphatic rings. The molecule has 5 nitrogen and oxygen atoms in total. The molecule has 1 saturated heterocycles. The Morgan fingerprint density at radius 1 is 1.41 bits per heavy atom. The maximum atomic E-state index is 12.7. The van der Waals surface area contributed by atoms with Crippen LogP contribution in [-0.4, -0.2) is 35.0 Å². The fourth-order valence-corrected chi connectivity index (χ4v) is 5.20. The van der Waals surface area contributed by atoms with E-state index in [1.165, 1.54) is 0 Å². The first-order valence-electron chi connectivity index (χ1n) is 7.95. The zero-order valence-corrected chi connectivity index (χ0v) is 13.9. The van der Waals surface area contributed by atoms with E-state index >= 15 is 0 Å². The number of nitrogens with zero attached hydrogens (tertiary/aromatic N) is 2. The van der Waals surface area contributed by atoms with E-state index in [1.807, 2.05) is 38.1 Å². The fourth-order valence-electron chi connectivity index (χ4n) is 3.05. The predicted octanol–water partition coefficient (Wildman–Crippen LogP) is 3.08. The fraction of sp³-hybridized carbons (Fsp3) is 0.562. The highest BCUT2D eigenvalue weighted by molar-refractivity contribution is 7.89. The van der Waals surface area contributed by atoms with E-state index in [9.17, 15) is 8.42 Å². The van der Waals surface area contributed by atoms with Gasteiger partial charge in [0.1, 0.15) is 5.82 Å². The maximum absolute atomic E-state index is 12.7. The van der Waals surface area contributed by atoms with Gasteiger partial charge in [-0.3, -0.25) is 0 Å². The zero-order valence-electron chi connectivity index (χ0n) is 13.1. The van der Waals surface area contributed by atoms with Gasteiger partial charge in [-0.25, -0.2) is 13.4 Å². The number of imidazole rings is 1. The Morgan fingerprint density at radius 2 is 2.18 bits per heavy atom. The summed E-state index contributed by atoms with van der Waals surface area (Å²) >= 11 is 0. The van der Waals surface area contributed by atoms with Gasteiger partial charge < -0.3 is 4.98 Å². The summed E-state index contributed by atoms with van der Waals surface area (Å²) in [5.74, 6) is 1.17. The van der Waals surface area contributed by atoms with Gasteiger partial charge in [-0.15, -0.1) is 0 Å². The van der Waals surface area contributed by atoms with Crippen LogP contribution in [0.25, 0.3) is 11.0 Å². The van der Waals surface area contributed by atoms with Crippen LogP contribution in [0, 0.1) is 5.92 Å². The minimum absolute atomic E-state index is 0.151. The number of nitrogens with one attached hydrogen (secondary N) is 1. The van der Waals surface area contributed by atoms with Crippen LogP contribution in [-0.2, 0) is 10.0 Å². The average Bonchev–Trinajstić information content (AvgIpc) is 3.12. The zero-order chi connectivity index (χ0) is 15.7. The monoisotopic (exact) mass is 321 g/mol. The minimum atomic E-state index is -3.23. The van der Waals surface area contributed by atoms with Crippen LogP contribution in [0.4, 0.5) is 0 Å². The SMILES string of the molecule is CC[C@@H](C)CS(=O)(=O)N1CCC[C@@H]1c1nc2ccccc2[nH]1. The van der Waals surface area contributed by atoms with Crippen molar-refractivity contribution in [2.45, 2.75) is 39.2 Å². The van der Waals surface area contributed by atoms with Gasteiger partial charge in [-0.05, 0) is 30.9 Å². The normalized spacial score (nSPS) is 21.5. The maximum Gasteiger partial charge on any atom is 0.215 e. The number of hydrogen-bond donors (Lipinski definition) is 1. The lowest BCUT2D eigenvalue weighted by molar-refractivity contribution is 0.381. The van der Waals surface area contributed by atoms with E-state index < -0.39 is 10.0 Å². The third-order valence-electron chi connectivity index (χ3n) is 4.48. The molecule has 2 aromatic rings. The van der Waals surface area contributed by atoms with Crippen LogP contribution >= 0.6 is 0 Å². The van der Waals surface area contributed by atoms with Crippen LogP contribution in [0.15, 0.2) is 24.3 Å². The molecule has 0 unspecified atom stereocenters. The van der Waals surface area contributed by atoms with Crippen molar-refractivity contribution in [3.05, 3.63) is 30.1 Å². The Hall–Kier alpha value is -1.40. The van der Waals surface area contributed by atoms with Crippen molar-refractivity contribution in [2.24, 2.45) is 5.92 Å². The van der Waals surface area contributed by atoms with Crippen LogP contribution < -0.4 is 0 Å². The van der Waals surface area contributed by atoms with Crippen molar-refractivity contribution in [1.29, 1.82) is 0 Å². The Morgan fingerprint density at radius 3 is 2.91 bits per heavy atom. The standard InChI is InChI=1S/C16H23N3O2S/c1-3-12(2)11-22(20,21)19-10-6-9-15(19)16-17-13-7-4-5-8-14(13)18-16/h4-5,7-8,12,15H,3,6,9-11H2,1-2H3,(H,17,18)/t12-,15-/m1/s1. The van der Waals surface area contributed by atoms with E-state index in [4.69, 9.17) is 0 Å². The van der Waals surface area contributed by atoms with Gasteiger partial charge in [-0.2, -0.15) is 4.31 Å². The lowest BCUT2D eigenvalue weighted by Crippen LogP contribution is -2.34. The summed E-state index contributed by atoms with van der Waals surface area (Å²) in [5.41, 5.74) is 1.85. The molecule has 0 spiro atoms. The van der Waals surface area contributed by atoms with Gasteiger partial charge in [0.2, 0.25) is 10.0 Å². The first-order valence-corrected chi connectivity index (χ1v) is 9.56. The van der Waals surface area contributed by atoms with Crippen LogP contribution in [0.1, 0.15) is 45.0 Å². The van der Waals surface area contributed by atoms with Crippen LogP contribution in [0.2, 0.25) is 0 Å². The molecule has 22 heavy (non-hydrogen) atoms.